The molecular weight excluding hydrogens is 324 g/mol. The molecule has 4 rings (SSSR count). The molecule has 2 N–H and O–H groups in total. The SMILES string of the molecule is O=C1C=C(C2(O)C(=O)c3ccccc3C2=O)C(=O)c2c(O)cccc21. The molecule has 0 atom stereocenters. The van der Waals surface area contributed by atoms with Gasteiger partial charge in [0, 0.05) is 16.7 Å². The van der Waals surface area contributed by atoms with Crippen molar-refractivity contribution in [3.63, 3.8) is 0 Å². The van der Waals surface area contributed by atoms with Crippen LogP contribution in [0.4, 0.5) is 0 Å². The van der Waals surface area contributed by atoms with E-state index < -0.39 is 40.1 Å². The van der Waals surface area contributed by atoms with Crippen LogP contribution in [0.15, 0.2) is 54.1 Å². The first kappa shape index (κ1) is 15.2. The Hall–Kier alpha value is -3.38. The van der Waals surface area contributed by atoms with Gasteiger partial charge in [-0.25, -0.2) is 0 Å². The van der Waals surface area contributed by atoms with Gasteiger partial charge in [-0.3, -0.25) is 19.2 Å². The molecule has 0 heterocycles. The molecule has 0 saturated heterocycles. The molecule has 2 aromatic rings. The number of hydrogen-bond donors (Lipinski definition) is 2. The van der Waals surface area contributed by atoms with Crippen molar-refractivity contribution in [3.8, 4) is 5.75 Å². The zero-order valence-corrected chi connectivity index (χ0v) is 12.6. The Balaban J connectivity index is 1.93. The minimum atomic E-state index is -2.77. The number of fused-ring (bicyclic) bond motifs is 2. The summed E-state index contributed by atoms with van der Waals surface area (Å²) < 4.78 is 0. The molecular formula is C19H10O6. The van der Waals surface area contributed by atoms with Crippen molar-refractivity contribution in [2.24, 2.45) is 0 Å². The fourth-order valence-corrected chi connectivity index (χ4v) is 3.28. The third-order valence-corrected chi connectivity index (χ3v) is 4.52. The van der Waals surface area contributed by atoms with E-state index in [-0.39, 0.29) is 22.3 Å². The first-order chi connectivity index (χ1) is 11.9. The van der Waals surface area contributed by atoms with Crippen LogP contribution in [0, 0.1) is 0 Å². The first-order valence-electron chi connectivity index (χ1n) is 7.41. The van der Waals surface area contributed by atoms with Crippen LogP contribution in [0.3, 0.4) is 0 Å². The van der Waals surface area contributed by atoms with E-state index in [1.54, 1.807) is 0 Å². The number of aromatic hydroxyl groups is 1. The molecule has 0 unspecified atom stereocenters. The van der Waals surface area contributed by atoms with Crippen molar-refractivity contribution in [1.29, 1.82) is 0 Å². The van der Waals surface area contributed by atoms with Gasteiger partial charge in [0.15, 0.2) is 11.6 Å². The van der Waals surface area contributed by atoms with Crippen LogP contribution in [-0.4, -0.2) is 38.9 Å². The van der Waals surface area contributed by atoms with E-state index in [1.165, 1.54) is 42.5 Å². The van der Waals surface area contributed by atoms with Gasteiger partial charge in [-0.2, -0.15) is 0 Å². The summed E-state index contributed by atoms with van der Waals surface area (Å²) in [6.07, 6.45) is 0.797. The van der Waals surface area contributed by atoms with E-state index >= 15 is 0 Å². The number of hydrogen-bond acceptors (Lipinski definition) is 6. The predicted molar refractivity (Wildman–Crippen MR) is 84.9 cm³/mol. The zero-order chi connectivity index (χ0) is 17.9. The zero-order valence-electron chi connectivity index (χ0n) is 12.6. The van der Waals surface area contributed by atoms with Gasteiger partial charge in [0.1, 0.15) is 5.75 Å². The van der Waals surface area contributed by atoms with Gasteiger partial charge in [-0.1, -0.05) is 36.4 Å². The van der Waals surface area contributed by atoms with Crippen LogP contribution in [0.1, 0.15) is 41.4 Å². The largest absolute Gasteiger partial charge is 0.507 e. The van der Waals surface area contributed by atoms with Crippen molar-refractivity contribution in [2.75, 3.05) is 0 Å². The molecule has 0 fully saturated rings. The van der Waals surface area contributed by atoms with Gasteiger partial charge in [0.2, 0.25) is 17.2 Å². The topological polar surface area (TPSA) is 109 Å². The Labute approximate surface area is 141 Å². The highest BCUT2D eigenvalue weighted by Crippen LogP contribution is 2.40. The van der Waals surface area contributed by atoms with Gasteiger partial charge in [0.05, 0.1) is 11.1 Å². The van der Waals surface area contributed by atoms with Crippen molar-refractivity contribution in [2.45, 2.75) is 5.60 Å². The maximum atomic E-state index is 12.8. The summed E-state index contributed by atoms with van der Waals surface area (Å²) in [5.74, 6) is -3.98. The highest BCUT2D eigenvalue weighted by atomic mass is 16.3. The number of phenolic OH excluding ortho intramolecular Hbond substituents is 1. The fourth-order valence-electron chi connectivity index (χ4n) is 3.28. The number of ketones is 4. The lowest BCUT2D eigenvalue weighted by molar-refractivity contribution is 0.0431. The molecule has 0 radical (unpaired) electrons. The number of aliphatic hydroxyl groups is 1. The summed E-state index contributed by atoms with van der Waals surface area (Å²) in [6.45, 7) is 0. The number of phenols is 1. The van der Waals surface area contributed by atoms with E-state index in [1.807, 2.05) is 0 Å². The standard InChI is InChI=1S/C19H10O6/c20-13-7-3-6-11-14(21)8-12(16(22)15(11)13)19(25)17(23)9-4-1-2-5-10(9)18(19)24/h1-8,20,25H. The molecule has 0 spiro atoms. The fraction of sp³-hybridized carbons (Fsp3) is 0.0526. The van der Waals surface area contributed by atoms with E-state index in [0.717, 1.165) is 6.08 Å². The molecule has 2 aliphatic carbocycles. The predicted octanol–water partition coefficient (Wildman–Crippen LogP) is 1.51. The lowest BCUT2D eigenvalue weighted by atomic mass is 9.78. The molecule has 0 amide bonds. The second kappa shape index (κ2) is 4.81. The molecule has 0 aliphatic heterocycles. The third-order valence-electron chi connectivity index (χ3n) is 4.52. The van der Waals surface area contributed by atoms with Crippen LogP contribution in [0.5, 0.6) is 5.75 Å². The molecule has 0 bridgehead atoms. The normalized spacial score (nSPS) is 18.0. The lowest BCUT2D eigenvalue weighted by Gasteiger charge is -2.25. The average Bonchev–Trinajstić information content (AvgIpc) is 2.81. The van der Waals surface area contributed by atoms with Gasteiger partial charge in [-0.15, -0.1) is 0 Å². The Morgan fingerprint density at radius 1 is 0.760 bits per heavy atom. The van der Waals surface area contributed by atoms with E-state index in [0.29, 0.717) is 0 Å². The number of benzene rings is 2. The van der Waals surface area contributed by atoms with E-state index in [2.05, 4.69) is 0 Å². The molecule has 0 saturated carbocycles. The smallest absolute Gasteiger partial charge is 0.220 e. The summed E-state index contributed by atoms with van der Waals surface area (Å²) in [6, 6.07) is 9.75. The minimum absolute atomic E-state index is 0.0146. The first-order valence-corrected chi connectivity index (χ1v) is 7.41. The summed E-state index contributed by atoms with van der Waals surface area (Å²) >= 11 is 0. The third kappa shape index (κ3) is 1.77. The number of rotatable bonds is 1. The maximum absolute atomic E-state index is 12.8. The van der Waals surface area contributed by atoms with Crippen molar-refractivity contribution in [3.05, 3.63) is 76.4 Å². The highest BCUT2D eigenvalue weighted by molar-refractivity contribution is 6.40. The van der Waals surface area contributed by atoms with E-state index in [9.17, 15) is 29.4 Å². The van der Waals surface area contributed by atoms with Crippen LogP contribution in [0.2, 0.25) is 0 Å². The van der Waals surface area contributed by atoms with Crippen LogP contribution >= 0.6 is 0 Å². The molecule has 2 aliphatic rings. The maximum Gasteiger partial charge on any atom is 0.220 e. The van der Waals surface area contributed by atoms with Gasteiger partial charge >= 0.3 is 0 Å². The van der Waals surface area contributed by atoms with E-state index in [4.69, 9.17) is 0 Å². The Morgan fingerprint density at radius 2 is 1.32 bits per heavy atom. The Kier molecular flexibility index (Phi) is 2.92. The quantitative estimate of drug-likeness (QED) is 0.765. The molecule has 2 aromatic carbocycles. The second-order valence-corrected chi connectivity index (χ2v) is 5.87. The van der Waals surface area contributed by atoms with Crippen molar-refractivity contribution in [1.82, 2.24) is 0 Å². The molecule has 0 aromatic heterocycles. The van der Waals surface area contributed by atoms with Gasteiger partial charge in [-0.05, 0) is 12.1 Å². The second-order valence-electron chi connectivity index (χ2n) is 5.87. The highest BCUT2D eigenvalue weighted by Gasteiger charge is 2.57. The average molecular weight is 334 g/mol. The minimum Gasteiger partial charge on any atom is -0.507 e. The van der Waals surface area contributed by atoms with Gasteiger partial charge in [0.25, 0.3) is 0 Å². The Morgan fingerprint density at radius 3 is 1.92 bits per heavy atom. The molecule has 122 valence electrons. The van der Waals surface area contributed by atoms with Crippen molar-refractivity contribution < 1.29 is 29.4 Å². The molecule has 25 heavy (non-hydrogen) atoms. The van der Waals surface area contributed by atoms with Crippen LogP contribution in [0.25, 0.3) is 0 Å². The lowest BCUT2D eigenvalue weighted by Crippen LogP contribution is -2.47. The summed E-state index contributed by atoms with van der Waals surface area (Å²) in [4.78, 5) is 50.4. The van der Waals surface area contributed by atoms with Crippen molar-refractivity contribution >= 4 is 23.1 Å². The monoisotopic (exact) mass is 334 g/mol. The summed E-state index contributed by atoms with van der Waals surface area (Å²) in [7, 11) is 0. The Bertz CT molecular complexity index is 1010. The van der Waals surface area contributed by atoms with Crippen LogP contribution < -0.4 is 0 Å². The van der Waals surface area contributed by atoms with Crippen LogP contribution in [-0.2, 0) is 0 Å². The number of carbonyl (C=O) groups is 4. The summed E-state index contributed by atoms with van der Waals surface area (Å²) in [5, 5.41) is 20.8. The summed E-state index contributed by atoms with van der Waals surface area (Å²) in [5.41, 5.74) is -3.81. The number of carbonyl (C=O) groups excluding carboxylic acids is 4. The number of allylic oxidation sites excluding steroid dienone is 1. The van der Waals surface area contributed by atoms with Gasteiger partial charge < -0.3 is 10.2 Å². The molecule has 6 nitrogen and oxygen atoms in total. The molecule has 6 heteroatoms. The number of Topliss-reactive ketones (excluding diaryl/α,β-unsaturated/α-hetero) is 3.